The molecule has 0 saturated heterocycles. The zero-order valence-electron chi connectivity index (χ0n) is 9.93. The van der Waals surface area contributed by atoms with E-state index in [2.05, 4.69) is 40.9 Å². The van der Waals surface area contributed by atoms with Crippen molar-refractivity contribution in [2.75, 3.05) is 0 Å². The molecule has 0 fully saturated rings. The topological polar surface area (TPSA) is 29.9 Å². The Balaban J connectivity index is 0.00000144. The third-order valence-corrected chi connectivity index (χ3v) is 3.21. The van der Waals surface area contributed by atoms with E-state index in [0.717, 1.165) is 31.7 Å². The van der Waals surface area contributed by atoms with Gasteiger partial charge in [0, 0.05) is 30.7 Å². The minimum atomic E-state index is 0. The first-order valence-corrected chi connectivity index (χ1v) is 6.52. The van der Waals surface area contributed by atoms with E-state index >= 15 is 0 Å². The van der Waals surface area contributed by atoms with Gasteiger partial charge in [-0.2, -0.15) is 5.10 Å². The molecule has 0 radical (unpaired) electrons. The van der Waals surface area contributed by atoms with Crippen molar-refractivity contribution in [1.82, 2.24) is 15.1 Å². The third kappa shape index (κ3) is 4.50. The SMILES string of the molecule is CCCn1ccc(CNCc2cccs2)n1.Cl. The number of rotatable bonds is 6. The largest absolute Gasteiger partial charge is 0.306 e. The van der Waals surface area contributed by atoms with Crippen molar-refractivity contribution in [3.63, 3.8) is 0 Å². The zero-order valence-corrected chi connectivity index (χ0v) is 11.6. The van der Waals surface area contributed by atoms with E-state index < -0.39 is 0 Å². The van der Waals surface area contributed by atoms with Crippen LogP contribution in [0.2, 0.25) is 0 Å². The van der Waals surface area contributed by atoms with E-state index in [-0.39, 0.29) is 12.4 Å². The van der Waals surface area contributed by atoms with Gasteiger partial charge in [0.2, 0.25) is 0 Å². The number of hydrogen-bond acceptors (Lipinski definition) is 3. The number of thiophene rings is 1. The molecular formula is C12H18ClN3S. The monoisotopic (exact) mass is 271 g/mol. The van der Waals surface area contributed by atoms with E-state index in [1.54, 1.807) is 11.3 Å². The second-order valence-electron chi connectivity index (χ2n) is 3.75. The van der Waals surface area contributed by atoms with Crippen LogP contribution < -0.4 is 5.32 Å². The molecule has 94 valence electrons. The molecule has 0 amide bonds. The maximum Gasteiger partial charge on any atom is 0.0762 e. The second kappa shape index (κ2) is 7.48. The molecule has 17 heavy (non-hydrogen) atoms. The molecule has 2 aromatic rings. The van der Waals surface area contributed by atoms with Crippen LogP contribution in [0.1, 0.15) is 23.9 Å². The van der Waals surface area contributed by atoms with Crippen LogP contribution in [0.3, 0.4) is 0 Å². The predicted molar refractivity (Wildman–Crippen MR) is 74.6 cm³/mol. The minimum Gasteiger partial charge on any atom is -0.306 e. The van der Waals surface area contributed by atoms with Gasteiger partial charge in [0.25, 0.3) is 0 Å². The molecule has 5 heteroatoms. The Kier molecular flexibility index (Phi) is 6.26. The summed E-state index contributed by atoms with van der Waals surface area (Å²) in [7, 11) is 0. The Morgan fingerprint density at radius 3 is 2.94 bits per heavy atom. The van der Waals surface area contributed by atoms with Gasteiger partial charge in [0.15, 0.2) is 0 Å². The standard InChI is InChI=1S/C12H17N3S.ClH/c1-2-6-15-7-5-11(14-15)9-13-10-12-4-3-8-16-12;/h3-5,7-8,13H,2,6,9-10H2,1H3;1H. The van der Waals surface area contributed by atoms with Crippen molar-refractivity contribution in [1.29, 1.82) is 0 Å². The summed E-state index contributed by atoms with van der Waals surface area (Å²) < 4.78 is 2.00. The minimum absolute atomic E-state index is 0. The maximum absolute atomic E-state index is 4.48. The lowest BCUT2D eigenvalue weighted by molar-refractivity contribution is 0.583. The highest BCUT2D eigenvalue weighted by atomic mass is 35.5. The molecule has 2 rings (SSSR count). The van der Waals surface area contributed by atoms with Crippen molar-refractivity contribution >= 4 is 23.7 Å². The fourth-order valence-corrected chi connectivity index (χ4v) is 2.25. The Bertz CT molecular complexity index is 411. The number of halogens is 1. The Labute approximate surface area is 112 Å². The molecule has 0 aliphatic rings. The fraction of sp³-hybridized carbons (Fsp3) is 0.417. The van der Waals surface area contributed by atoms with Gasteiger partial charge in [0.05, 0.1) is 5.69 Å². The Morgan fingerprint density at radius 2 is 2.24 bits per heavy atom. The molecule has 0 aliphatic heterocycles. The Hall–Kier alpha value is -0.840. The van der Waals surface area contributed by atoms with Crippen LogP contribution in [0.25, 0.3) is 0 Å². The number of aromatic nitrogens is 2. The predicted octanol–water partition coefficient (Wildman–Crippen LogP) is 3.07. The van der Waals surface area contributed by atoms with Crippen LogP contribution in [0.4, 0.5) is 0 Å². The van der Waals surface area contributed by atoms with Gasteiger partial charge in [-0.15, -0.1) is 23.7 Å². The van der Waals surface area contributed by atoms with E-state index in [9.17, 15) is 0 Å². The van der Waals surface area contributed by atoms with E-state index in [1.807, 2.05) is 10.9 Å². The van der Waals surface area contributed by atoms with Gasteiger partial charge in [-0.25, -0.2) is 0 Å². The molecule has 0 bridgehead atoms. The average Bonchev–Trinajstić information content (AvgIpc) is 2.90. The molecule has 3 nitrogen and oxygen atoms in total. The summed E-state index contributed by atoms with van der Waals surface area (Å²) in [5, 5.41) is 9.97. The van der Waals surface area contributed by atoms with Crippen molar-refractivity contribution in [2.24, 2.45) is 0 Å². The van der Waals surface area contributed by atoms with Gasteiger partial charge < -0.3 is 5.32 Å². The number of hydrogen-bond donors (Lipinski definition) is 1. The Morgan fingerprint density at radius 1 is 1.35 bits per heavy atom. The van der Waals surface area contributed by atoms with Crippen molar-refractivity contribution in [2.45, 2.75) is 33.0 Å². The summed E-state index contributed by atoms with van der Waals surface area (Å²) in [4.78, 5) is 1.37. The van der Waals surface area contributed by atoms with Crippen LogP contribution >= 0.6 is 23.7 Å². The third-order valence-electron chi connectivity index (χ3n) is 2.33. The van der Waals surface area contributed by atoms with E-state index in [0.29, 0.717) is 0 Å². The summed E-state index contributed by atoms with van der Waals surface area (Å²) in [5.74, 6) is 0. The highest BCUT2D eigenvalue weighted by Gasteiger charge is 1.98. The first-order valence-electron chi connectivity index (χ1n) is 5.64. The quantitative estimate of drug-likeness (QED) is 0.875. The lowest BCUT2D eigenvalue weighted by atomic mass is 10.4. The molecular weight excluding hydrogens is 254 g/mol. The zero-order chi connectivity index (χ0) is 11.2. The van der Waals surface area contributed by atoms with Crippen LogP contribution in [-0.4, -0.2) is 9.78 Å². The molecule has 2 aromatic heterocycles. The number of nitrogens with zero attached hydrogens (tertiary/aromatic N) is 2. The van der Waals surface area contributed by atoms with Gasteiger partial charge in [-0.05, 0) is 23.9 Å². The molecule has 0 aliphatic carbocycles. The smallest absolute Gasteiger partial charge is 0.0762 e. The van der Waals surface area contributed by atoms with Crippen molar-refractivity contribution < 1.29 is 0 Å². The molecule has 0 aromatic carbocycles. The van der Waals surface area contributed by atoms with Crippen LogP contribution in [-0.2, 0) is 19.6 Å². The molecule has 0 spiro atoms. The first kappa shape index (κ1) is 14.2. The lowest BCUT2D eigenvalue weighted by Crippen LogP contribution is -2.12. The van der Waals surface area contributed by atoms with Crippen LogP contribution in [0.15, 0.2) is 29.8 Å². The van der Waals surface area contributed by atoms with Gasteiger partial charge in [0.1, 0.15) is 0 Å². The normalized spacial score (nSPS) is 10.2. The molecule has 0 saturated carbocycles. The molecule has 2 heterocycles. The fourth-order valence-electron chi connectivity index (χ4n) is 1.58. The molecule has 0 unspecified atom stereocenters. The first-order chi connectivity index (χ1) is 7.88. The summed E-state index contributed by atoms with van der Waals surface area (Å²) in [5.41, 5.74) is 1.12. The summed E-state index contributed by atoms with van der Waals surface area (Å²) >= 11 is 1.78. The molecule has 1 N–H and O–H groups in total. The summed E-state index contributed by atoms with van der Waals surface area (Å²) in [6, 6.07) is 6.31. The van der Waals surface area contributed by atoms with E-state index in [1.165, 1.54) is 4.88 Å². The lowest BCUT2D eigenvalue weighted by Gasteiger charge is -2.00. The van der Waals surface area contributed by atoms with Crippen molar-refractivity contribution in [3.05, 3.63) is 40.3 Å². The van der Waals surface area contributed by atoms with Crippen LogP contribution in [0, 0.1) is 0 Å². The van der Waals surface area contributed by atoms with Gasteiger partial charge in [-0.3, -0.25) is 4.68 Å². The average molecular weight is 272 g/mol. The van der Waals surface area contributed by atoms with Gasteiger partial charge in [-0.1, -0.05) is 13.0 Å². The van der Waals surface area contributed by atoms with Gasteiger partial charge >= 0.3 is 0 Å². The van der Waals surface area contributed by atoms with Crippen molar-refractivity contribution in [3.8, 4) is 0 Å². The van der Waals surface area contributed by atoms with Crippen LogP contribution in [0.5, 0.6) is 0 Å². The number of nitrogens with one attached hydrogen (secondary N) is 1. The second-order valence-corrected chi connectivity index (χ2v) is 4.79. The highest BCUT2D eigenvalue weighted by Crippen LogP contribution is 2.07. The summed E-state index contributed by atoms with van der Waals surface area (Å²) in [6.45, 7) is 4.94. The number of aryl methyl sites for hydroxylation is 1. The molecule has 0 atom stereocenters. The van der Waals surface area contributed by atoms with E-state index in [4.69, 9.17) is 0 Å². The summed E-state index contributed by atoms with van der Waals surface area (Å²) in [6.07, 6.45) is 3.18. The highest BCUT2D eigenvalue weighted by molar-refractivity contribution is 7.09. The maximum atomic E-state index is 4.48.